The molecule has 3 nitrogen and oxygen atoms in total. The monoisotopic (exact) mass is 264 g/mol. The van der Waals surface area contributed by atoms with Crippen LogP contribution in [0.1, 0.15) is 49.2 Å². The van der Waals surface area contributed by atoms with Crippen LogP contribution in [0.3, 0.4) is 0 Å². The largest absolute Gasteiger partial charge is 0.381 e. The molecule has 0 saturated heterocycles. The van der Waals surface area contributed by atoms with Gasteiger partial charge in [0.1, 0.15) is 6.10 Å². The lowest BCUT2D eigenvalue weighted by Gasteiger charge is -2.16. The standard InChI is InChI=1S/C14H20N2OS/c1-5-16-10(8-9-15-16)13(17)11-6-7-12(18-11)14(2,3)4/h6-9,13,17H,5H2,1-4H3. The molecule has 1 unspecified atom stereocenters. The summed E-state index contributed by atoms with van der Waals surface area (Å²) in [5.41, 5.74) is 0.994. The van der Waals surface area contributed by atoms with Gasteiger partial charge in [-0.3, -0.25) is 4.68 Å². The number of hydrogen-bond acceptors (Lipinski definition) is 3. The Balaban J connectivity index is 2.29. The van der Waals surface area contributed by atoms with Gasteiger partial charge in [-0.2, -0.15) is 5.10 Å². The van der Waals surface area contributed by atoms with Gasteiger partial charge in [-0.15, -0.1) is 11.3 Å². The van der Waals surface area contributed by atoms with E-state index in [9.17, 15) is 5.11 Å². The fourth-order valence-corrected chi connectivity index (χ4v) is 2.95. The molecule has 2 aromatic heterocycles. The number of aliphatic hydroxyl groups is 1. The van der Waals surface area contributed by atoms with Crippen molar-refractivity contribution < 1.29 is 5.11 Å². The van der Waals surface area contributed by atoms with E-state index < -0.39 is 6.10 Å². The van der Waals surface area contributed by atoms with Crippen molar-refractivity contribution in [2.75, 3.05) is 0 Å². The lowest BCUT2D eigenvalue weighted by atomic mass is 9.95. The molecule has 0 saturated carbocycles. The quantitative estimate of drug-likeness (QED) is 0.923. The molecular formula is C14H20N2OS. The molecule has 0 aromatic carbocycles. The number of nitrogens with zero attached hydrogens (tertiary/aromatic N) is 2. The number of rotatable bonds is 3. The van der Waals surface area contributed by atoms with Crippen LogP contribution in [-0.4, -0.2) is 14.9 Å². The molecular weight excluding hydrogens is 244 g/mol. The van der Waals surface area contributed by atoms with Gasteiger partial charge in [-0.1, -0.05) is 20.8 Å². The van der Waals surface area contributed by atoms with Gasteiger partial charge in [-0.05, 0) is 30.5 Å². The minimum Gasteiger partial charge on any atom is -0.381 e. The van der Waals surface area contributed by atoms with Crippen LogP contribution >= 0.6 is 11.3 Å². The van der Waals surface area contributed by atoms with Gasteiger partial charge in [0.15, 0.2) is 0 Å². The second-order valence-electron chi connectivity index (χ2n) is 5.43. The predicted octanol–water partition coefficient (Wildman–Crippen LogP) is 3.34. The Morgan fingerprint density at radius 3 is 2.61 bits per heavy atom. The highest BCUT2D eigenvalue weighted by molar-refractivity contribution is 7.12. The Morgan fingerprint density at radius 2 is 2.06 bits per heavy atom. The summed E-state index contributed by atoms with van der Waals surface area (Å²) in [5.74, 6) is 0. The fourth-order valence-electron chi connectivity index (χ4n) is 1.89. The molecule has 2 aromatic rings. The molecule has 0 bridgehead atoms. The fraction of sp³-hybridized carbons (Fsp3) is 0.500. The second kappa shape index (κ2) is 4.86. The van der Waals surface area contributed by atoms with Crippen molar-refractivity contribution in [3.63, 3.8) is 0 Å². The highest BCUT2D eigenvalue weighted by atomic mass is 32.1. The first kappa shape index (κ1) is 13.3. The first-order chi connectivity index (χ1) is 8.43. The average molecular weight is 264 g/mol. The zero-order chi connectivity index (χ0) is 13.3. The molecule has 0 aliphatic heterocycles. The van der Waals surface area contributed by atoms with E-state index in [0.29, 0.717) is 0 Å². The summed E-state index contributed by atoms with van der Waals surface area (Å²) in [4.78, 5) is 2.27. The van der Waals surface area contributed by atoms with Crippen LogP contribution in [0.5, 0.6) is 0 Å². The van der Waals surface area contributed by atoms with Gasteiger partial charge in [0.05, 0.1) is 5.69 Å². The molecule has 1 N–H and O–H groups in total. The van der Waals surface area contributed by atoms with Crippen LogP contribution in [0.15, 0.2) is 24.4 Å². The third kappa shape index (κ3) is 2.49. The van der Waals surface area contributed by atoms with Crippen molar-refractivity contribution in [3.8, 4) is 0 Å². The molecule has 1 atom stereocenters. The minimum absolute atomic E-state index is 0.133. The molecule has 18 heavy (non-hydrogen) atoms. The van der Waals surface area contributed by atoms with Crippen LogP contribution in [0.25, 0.3) is 0 Å². The number of aromatic nitrogens is 2. The highest BCUT2D eigenvalue weighted by Gasteiger charge is 2.21. The van der Waals surface area contributed by atoms with Gasteiger partial charge in [0.25, 0.3) is 0 Å². The molecule has 0 aliphatic carbocycles. The molecule has 0 spiro atoms. The van der Waals surface area contributed by atoms with E-state index in [0.717, 1.165) is 17.1 Å². The highest BCUT2D eigenvalue weighted by Crippen LogP contribution is 2.34. The van der Waals surface area contributed by atoms with Crippen LogP contribution in [0.2, 0.25) is 0 Å². The topological polar surface area (TPSA) is 38.0 Å². The van der Waals surface area contributed by atoms with Gasteiger partial charge in [0.2, 0.25) is 0 Å². The maximum atomic E-state index is 10.4. The van der Waals surface area contributed by atoms with Gasteiger partial charge in [-0.25, -0.2) is 0 Å². The van der Waals surface area contributed by atoms with Crippen LogP contribution < -0.4 is 0 Å². The van der Waals surface area contributed by atoms with E-state index in [1.54, 1.807) is 17.5 Å². The normalized spacial score (nSPS) is 13.8. The van der Waals surface area contributed by atoms with Crippen molar-refractivity contribution in [1.82, 2.24) is 9.78 Å². The zero-order valence-electron chi connectivity index (χ0n) is 11.3. The molecule has 0 fully saturated rings. The maximum absolute atomic E-state index is 10.4. The van der Waals surface area contributed by atoms with E-state index in [4.69, 9.17) is 0 Å². The summed E-state index contributed by atoms with van der Waals surface area (Å²) >= 11 is 1.67. The smallest absolute Gasteiger partial charge is 0.130 e. The molecule has 2 rings (SSSR count). The number of thiophene rings is 1. The Hall–Kier alpha value is -1.13. The van der Waals surface area contributed by atoms with Gasteiger partial charge < -0.3 is 5.11 Å². The minimum atomic E-state index is -0.575. The van der Waals surface area contributed by atoms with Crippen molar-refractivity contribution in [1.29, 1.82) is 0 Å². The SMILES string of the molecule is CCn1nccc1C(O)c1ccc(C(C)(C)C)s1. The number of aryl methyl sites for hydroxylation is 1. The zero-order valence-corrected chi connectivity index (χ0v) is 12.2. The molecule has 98 valence electrons. The number of aliphatic hydroxyl groups excluding tert-OH is 1. The Bertz CT molecular complexity index is 522. The van der Waals surface area contributed by atoms with Gasteiger partial charge >= 0.3 is 0 Å². The van der Waals surface area contributed by atoms with Crippen molar-refractivity contribution in [2.24, 2.45) is 0 Å². The second-order valence-corrected chi connectivity index (χ2v) is 6.54. The van der Waals surface area contributed by atoms with E-state index in [1.165, 1.54) is 4.88 Å². The van der Waals surface area contributed by atoms with Crippen LogP contribution in [-0.2, 0) is 12.0 Å². The Morgan fingerprint density at radius 1 is 1.33 bits per heavy atom. The van der Waals surface area contributed by atoms with Crippen LogP contribution in [0.4, 0.5) is 0 Å². The third-order valence-corrected chi connectivity index (χ3v) is 4.53. The average Bonchev–Trinajstić information content (AvgIpc) is 2.96. The summed E-state index contributed by atoms with van der Waals surface area (Å²) in [7, 11) is 0. The maximum Gasteiger partial charge on any atom is 0.130 e. The Labute approximate surface area is 112 Å². The third-order valence-electron chi connectivity index (χ3n) is 2.96. The lowest BCUT2D eigenvalue weighted by Crippen LogP contribution is -2.09. The summed E-state index contributed by atoms with van der Waals surface area (Å²) in [6.45, 7) is 9.36. The van der Waals surface area contributed by atoms with E-state index in [2.05, 4.69) is 31.9 Å². The van der Waals surface area contributed by atoms with Crippen molar-refractivity contribution >= 4 is 11.3 Å². The summed E-state index contributed by atoms with van der Waals surface area (Å²) in [6, 6.07) is 6.00. The molecule has 2 heterocycles. The van der Waals surface area contributed by atoms with E-state index >= 15 is 0 Å². The molecule has 0 amide bonds. The molecule has 0 radical (unpaired) electrons. The Kier molecular flexibility index (Phi) is 3.59. The number of hydrogen-bond donors (Lipinski definition) is 1. The molecule has 4 heteroatoms. The first-order valence-electron chi connectivity index (χ1n) is 6.23. The molecule has 0 aliphatic rings. The van der Waals surface area contributed by atoms with Crippen LogP contribution in [0, 0.1) is 0 Å². The summed E-state index contributed by atoms with van der Waals surface area (Å²) < 4.78 is 1.83. The first-order valence-corrected chi connectivity index (χ1v) is 7.05. The van der Waals surface area contributed by atoms with E-state index in [-0.39, 0.29) is 5.41 Å². The van der Waals surface area contributed by atoms with Crippen molar-refractivity contribution in [3.05, 3.63) is 39.8 Å². The van der Waals surface area contributed by atoms with Gasteiger partial charge in [0, 0.05) is 22.5 Å². The lowest BCUT2D eigenvalue weighted by molar-refractivity contribution is 0.212. The van der Waals surface area contributed by atoms with E-state index in [1.807, 2.05) is 23.7 Å². The summed E-state index contributed by atoms with van der Waals surface area (Å²) in [6.07, 6.45) is 1.16. The predicted molar refractivity (Wildman–Crippen MR) is 75.0 cm³/mol. The van der Waals surface area contributed by atoms with Crippen molar-refractivity contribution in [2.45, 2.75) is 45.8 Å². The summed E-state index contributed by atoms with van der Waals surface area (Å²) in [5, 5.41) is 14.6.